The number of aliphatic hydroxyl groups excluding tert-OH is 1. The Morgan fingerprint density at radius 1 is 1.30 bits per heavy atom. The predicted molar refractivity (Wildman–Crippen MR) is 86.4 cm³/mol. The van der Waals surface area contributed by atoms with Crippen LogP contribution in [0.25, 0.3) is 0 Å². The number of rotatable bonds is 5. The quantitative estimate of drug-likeness (QED) is 0.889. The SMILES string of the molecule is Cc1cc(C#N)ccc1Oc1ccc(C(=O)NCC(C)O)cc1. The molecule has 0 saturated carbocycles. The molecule has 2 rings (SSSR count). The number of hydrogen-bond donors (Lipinski definition) is 2. The fourth-order valence-electron chi connectivity index (χ4n) is 1.98. The Hall–Kier alpha value is -2.84. The van der Waals surface area contributed by atoms with Crippen molar-refractivity contribution in [2.24, 2.45) is 0 Å². The Morgan fingerprint density at radius 2 is 2.00 bits per heavy atom. The van der Waals surface area contributed by atoms with Gasteiger partial charge in [-0.3, -0.25) is 4.79 Å². The first-order valence-electron chi connectivity index (χ1n) is 7.24. The summed E-state index contributed by atoms with van der Waals surface area (Å²) in [6.45, 7) is 3.69. The zero-order valence-electron chi connectivity index (χ0n) is 13.0. The van der Waals surface area contributed by atoms with E-state index in [4.69, 9.17) is 15.1 Å². The van der Waals surface area contributed by atoms with E-state index in [1.165, 1.54) is 0 Å². The van der Waals surface area contributed by atoms with Crippen LogP contribution in [0.3, 0.4) is 0 Å². The van der Waals surface area contributed by atoms with Crippen LogP contribution in [0.5, 0.6) is 11.5 Å². The van der Waals surface area contributed by atoms with Gasteiger partial charge in [0, 0.05) is 12.1 Å². The largest absolute Gasteiger partial charge is 0.457 e. The topological polar surface area (TPSA) is 82.3 Å². The molecule has 5 nitrogen and oxygen atoms in total. The average Bonchev–Trinajstić information content (AvgIpc) is 2.55. The molecule has 23 heavy (non-hydrogen) atoms. The van der Waals surface area contributed by atoms with Crippen LogP contribution < -0.4 is 10.1 Å². The van der Waals surface area contributed by atoms with E-state index < -0.39 is 6.10 Å². The minimum absolute atomic E-state index is 0.210. The number of amides is 1. The van der Waals surface area contributed by atoms with Gasteiger partial charge in [-0.25, -0.2) is 0 Å². The number of carbonyl (C=O) groups is 1. The van der Waals surface area contributed by atoms with Gasteiger partial charge >= 0.3 is 0 Å². The fraction of sp³-hybridized carbons (Fsp3) is 0.222. The Kier molecular flexibility index (Phi) is 5.34. The van der Waals surface area contributed by atoms with Gasteiger partial charge in [-0.1, -0.05) is 0 Å². The summed E-state index contributed by atoms with van der Waals surface area (Å²) in [4.78, 5) is 11.8. The second-order valence-electron chi connectivity index (χ2n) is 5.28. The number of nitrogens with zero attached hydrogens (tertiary/aromatic N) is 1. The Bertz CT molecular complexity index is 731. The molecule has 2 aromatic carbocycles. The maximum Gasteiger partial charge on any atom is 0.251 e. The molecule has 0 heterocycles. The van der Waals surface area contributed by atoms with Crippen LogP contribution in [-0.2, 0) is 0 Å². The standard InChI is InChI=1S/C18H18N2O3/c1-12-9-14(10-19)3-8-17(12)23-16-6-4-15(5-7-16)18(22)20-11-13(2)21/h3-9,13,21H,11H2,1-2H3,(H,20,22). The lowest BCUT2D eigenvalue weighted by Crippen LogP contribution is -2.30. The maximum atomic E-state index is 11.8. The molecule has 0 aliphatic rings. The van der Waals surface area contributed by atoms with Gasteiger partial charge in [0.2, 0.25) is 0 Å². The van der Waals surface area contributed by atoms with Crippen molar-refractivity contribution in [1.29, 1.82) is 5.26 Å². The van der Waals surface area contributed by atoms with Gasteiger partial charge in [0.1, 0.15) is 11.5 Å². The molecule has 0 spiro atoms. The van der Waals surface area contributed by atoms with Crippen molar-refractivity contribution in [1.82, 2.24) is 5.32 Å². The third kappa shape index (κ3) is 4.56. The minimum atomic E-state index is -0.582. The first kappa shape index (κ1) is 16.5. The van der Waals surface area contributed by atoms with Crippen molar-refractivity contribution in [3.8, 4) is 17.6 Å². The zero-order chi connectivity index (χ0) is 16.8. The second-order valence-corrected chi connectivity index (χ2v) is 5.28. The van der Waals surface area contributed by atoms with Crippen molar-refractivity contribution in [3.63, 3.8) is 0 Å². The van der Waals surface area contributed by atoms with E-state index in [1.807, 2.05) is 6.92 Å². The van der Waals surface area contributed by atoms with E-state index in [1.54, 1.807) is 49.4 Å². The number of aryl methyl sites for hydroxylation is 1. The molecule has 0 aliphatic carbocycles. The normalized spacial score (nSPS) is 11.4. The third-order valence-electron chi connectivity index (χ3n) is 3.21. The number of hydrogen-bond acceptors (Lipinski definition) is 4. The van der Waals surface area contributed by atoms with Crippen LogP contribution in [0.4, 0.5) is 0 Å². The monoisotopic (exact) mass is 310 g/mol. The molecular weight excluding hydrogens is 292 g/mol. The van der Waals surface area contributed by atoms with Crippen LogP contribution in [0, 0.1) is 18.3 Å². The summed E-state index contributed by atoms with van der Waals surface area (Å²) in [6, 6.07) is 14.0. The minimum Gasteiger partial charge on any atom is -0.457 e. The van der Waals surface area contributed by atoms with Gasteiger partial charge in [0.05, 0.1) is 17.7 Å². The van der Waals surface area contributed by atoms with Crippen LogP contribution in [-0.4, -0.2) is 23.7 Å². The molecule has 0 radical (unpaired) electrons. The summed E-state index contributed by atoms with van der Waals surface area (Å²) >= 11 is 0. The molecule has 2 aromatic rings. The maximum absolute atomic E-state index is 11.8. The molecule has 0 aliphatic heterocycles. The lowest BCUT2D eigenvalue weighted by Gasteiger charge is -2.10. The lowest BCUT2D eigenvalue weighted by atomic mass is 10.1. The molecule has 0 aromatic heterocycles. The summed E-state index contributed by atoms with van der Waals surface area (Å²) in [7, 11) is 0. The fourth-order valence-corrected chi connectivity index (χ4v) is 1.98. The van der Waals surface area contributed by atoms with Crippen LogP contribution in [0.2, 0.25) is 0 Å². The van der Waals surface area contributed by atoms with Crippen molar-refractivity contribution in [2.75, 3.05) is 6.54 Å². The van der Waals surface area contributed by atoms with Gasteiger partial charge in [0.15, 0.2) is 0 Å². The molecule has 0 bridgehead atoms. The predicted octanol–water partition coefficient (Wildman–Crippen LogP) is 2.77. The van der Waals surface area contributed by atoms with Crippen molar-refractivity contribution >= 4 is 5.91 Å². The van der Waals surface area contributed by atoms with Crippen molar-refractivity contribution in [2.45, 2.75) is 20.0 Å². The van der Waals surface area contributed by atoms with E-state index in [0.717, 1.165) is 5.56 Å². The Balaban J connectivity index is 2.05. The number of nitrogens with one attached hydrogen (secondary N) is 1. The van der Waals surface area contributed by atoms with Gasteiger partial charge in [0.25, 0.3) is 5.91 Å². The molecule has 118 valence electrons. The Labute approximate surface area is 135 Å². The highest BCUT2D eigenvalue weighted by molar-refractivity contribution is 5.94. The molecule has 5 heteroatoms. The highest BCUT2D eigenvalue weighted by atomic mass is 16.5. The Morgan fingerprint density at radius 3 is 2.57 bits per heavy atom. The number of benzene rings is 2. The van der Waals surface area contributed by atoms with E-state index in [2.05, 4.69) is 11.4 Å². The van der Waals surface area contributed by atoms with E-state index in [-0.39, 0.29) is 12.5 Å². The van der Waals surface area contributed by atoms with Gasteiger partial charge in [-0.05, 0) is 61.9 Å². The van der Waals surface area contributed by atoms with Crippen molar-refractivity contribution < 1.29 is 14.6 Å². The van der Waals surface area contributed by atoms with E-state index in [9.17, 15) is 4.79 Å². The van der Waals surface area contributed by atoms with Gasteiger partial charge in [-0.15, -0.1) is 0 Å². The molecule has 1 amide bonds. The first-order valence-corrected chi connectivity index (χ1v) is 7.24. The van der Waals surface area contributed by atoms with Gasteiger partial charge < -0.3 is 15.2 Å². The van der Waals surface area contributed by atoms with Crippen LogP contribution in [0.15, 0.2) is 42.5 Å². The van der Waals surface area contributed by atoms with Gasteiger partial charge in [-0.2, -0.15) is 5.26 Å². The number of aliphatic hydroxyl groups is 1. The zero-order valence-corrected chi connectivity index (χ0v) is 13.0. The van der Waals surface area contributed by atoms with Crippen LogP contribution >= 0.6 is 0 Å². The summed E-state index contributed by atoms with van der Waals surface area (Å²) < 4.78 is 5.76. The van der Waals surface area contributed by atoms with E-state index in [0.29, 0.717) is 22.6 Å². The molecule has 0 fully saturated rings. The lowest BCUT2D eigenvalue weighted by molar-refractivity contribution is 0.0924. The molecule has 0 saturated heterocycles. The third-order valence-corrected chi connectivity index (χ3v) is 3.21. The summed E-state index contributed by atoms with van der Waals surface area (Å²) in [6.07, 6.45) is -0.582. The molecular formula is C18H18N2O3. The second kappa shape index (κ2) is 7.43. The highest BCUT2D eigenvalue weighted by Crippen LogP contribution is 2.25. The summed E-state index contributed by atoms with van der Waals surface area (Å²) in [5, 5.41) is 20.7. The molecule has 1 atom stereocenters. The molecule has 1 unspecified atom stereocenters. The summed E-state index contributed by atoms with van der Waals surface area (Å²) in [5.41, 5.74) is 1.94. The van der Waals surface area contributed by atoms with Crippen LogP contribution in [0.1, 0.15) is 28.4 Å². The number of carbonyl (C=O) groups excluding carboxylic acids is 1. The van der Waals surface area contributed by atoms with E-state index >= 15 is 0 Å². The smallest absolute Gasteiger partial charge is 0.251 e. The number of nitriles is 1. The van der Waals surface area contributed by atoms with Crippen molar-refractivity contribution in [3.05, 3.63) is 59.2 Å². The highest BCUT2D eigenvalue weighted by Gasteiger charge is 2.08. The number of ether oxygens (including phenoxy) is 1. The molecule has 2 N–H and O–H groups in total. The summed E-state index contributed by atoms with van der Waals surface area (Å²) in [5.74, 6) is 1.02. The first-order chi connectivity index (χ1) is 11.0. The average molecular weight is 310 g/mol.